The maximum Gasteiger partial charge on any atom is 0.123 e. The average molecular weight is 461 g/mol. The molecular formula is C31H40O3. The fraction of sp³-hybridized carbons (Fsp3) is 0.419. The molecule has 0 aliphatic carbocycles. The Morgan fingerprint density at radius 1 is 0.559 bits per heavy atom. The number of benzene rings is 3. The van der Waals surface area contributed by atoms with Crippen molar-refractivity contribution >= 4 is 0 Å². The van der Waals surface area contributed by atoms with E-state index in [0.717, 1.165) is 38.9 Å². The van der Waals surface area contributed by atoms with Crippen LogP contribution in [0.25, 0.3) is 0 Å². The highest BCUT2D eigenvalue weighted by Crippen LogP contribution is 2.45. The highest BCUT2D eigenvalue weighted by molar-refractivity contribution is 5.57. The summed E-state index contributed by atoms with van der Waals surface area (Å²) in [5.41, 5.74) is 5.56. The third-order valence-electron chi connectivity index (χ3n) is 6.93. The van der Waals surface area contributed by atoms with Crippen molar-refractivity contribution in [3.63, 3.8) is 0 Å². The maximum absolute atomic E-state index is 11.5. The molecule has 3 nitrogen and oxygen atoms in total. The second kappa shape index (κ2) is 9.02. The van der Waals surface area contributed by atoms with Gasteiger partial charge in [-0.05, 0) is 28.9 Å². The van der Waals surface area contributed by atoms with Crippen molar-refractivity contribution in [2.75, 3.05) is 0 Å². The number of aryl methyl sites for hydroxylation is 1. The molecular weight excluding hydrogens is 420 g/mol. The predicted molar refractivity (Wildman–Crippen MR) is 141 cm³/mol. The van der Waals surface area contributed by atoms with Crippen molar-refractivity contribution in [1.29, 1.82) is 0 Å². The van der Waals surface area contributed by atoms with Gasteiger partial charge in [0, 0.05) is 34.1 Å². The van der Waals surface area contributed by atoms with Gasteiger partial charge in [-0.1, -0.05) is 109 Å². The first-order valence-corrected chi connectivity index (χ1v) is 12.1. The van der Waals surface area contributed by atoms with Gasteiger partial charge in [-0.3, -0.25) is 0 Å². The van der Waals surface area contributed by atoms with E-state index in [9.17, 15) is 15.3 Å². The summed E-state index contributed by atoms with van der Waals surface area (Å²) >= 11 is 0. The first-order chi connectivity index (χ1) is 15.6. The number of hydrogen-bond donors (Lipinski definition) is 3. The minimum absolute atomic E-state index is 0.191. The van der Waals surface area contributed by atoms with Crippen LogP contribution in [0.4, 0.5) is 0 Å². The van der Waals surface area contributed by atoms with Crippen LogP contribution in [0, 0.1) is 6.92 Å². The van der Waals surface area contributed by atoms with Crippen molar-refractivity contribution in [1.82, 2.24) is 0 Å². The third-order valence-corrected chi connectivity index (χ3v) is 6.93. The van der Waals surface area contributed by atoms with Gasteiger partial charge in [-0.25, -0.2) is 0 Å². The molecule has 0 bridgehead atoms. The quantitative estimate of drug-likeness (QED) is 0.369. The molecule has 2 atom stereocenters. The average Bonchev–Trinajstić information content (AvgIpc) is 2.72. The molecule has 0 saturated carbocycles. The number of rotatable bonds is 4. The van der Waals surface area contributed by atoms with E-state index in [2.05, 4.69) is 41.5 Å². The number of para-hydroxylation sites is 2. The minimum Gasteiger partial charge on any atom is -0.507 e. The number of phenolic OH excluding ortho intramolecular Hbond substituents is 3. The second-order valence-electron chi connectivity index (χ2n) is 11.7. The number of phenols is 3. The highest BCUT2D eigenvalue weighted by Gasteiger charge is 2.27. The molecule has 0 fully saturated rings. The number of aromatic hydroxyl groups is 3. The van der Waals surface area contributed by atoms with Crippen molar-refractivity contribution in [3.8, 4) is 17.2 Å². The minimum atomic E-state index is -0.206. The van der Waals surface area contributed by atoms with Gasteiger partial charge in [0.25, 0.3) is 0 Å². The van der Waals surface area contributed by atoms with E-state index in [1.165, 1.54) is 0 Å². The van der Waals surface area contributed by atoms with Crippen LogP contribution in [-0.2, 0) is 10.8 Å². The zero-order valence-corrected chi connectivity index (χ0v) is 22.1. The molecule has 0 spiro atoms. The van der Waals surface area contributed by atoms with Gasteiger partial charge in [-0.15, -0.1) is 0 Å². The highest BCUT2D eigenvalue weighted by atomic mass is 16.3. The monoisotopic (exact) mass is 460 g/mol. The molecule has 0 radical (unpaired) electrons. The van der Waals surface area contributed by atoms with Crippen LogP contribution in [0.5, 0.6) is 17.2 Å². The van der Waals surface area contributed by atoms with E-state index < -0.39 is 0 Å². The van der Waals surface area contributed by atoms with Crippen molar-refractivity contribution in [3.05, 3.63) is 87.5 Å². The lowest BCUT2D eigenvalue weighted by molar-refractivity contribution is 0.433. The summed E-state index contributed by atoms with van der Waals surface area (Å²) < 4.78 is 0. The fourth-order valence-corrected chi connectivity index (χ4v) is 4.86. The maximum atomic E-state index is 11.5. The Labute approximate surface area is 205 Å². The smallest absolute Gasteiger partial charge is 0.123 e. The van der Waals surface area contributed by atoms with Crippen LogP contribution in [-0.4, -0.2) is 15.3 Å². The lowest BCUT2D eigenvalue weighted by Gasteiger charge is -2.26. The first kappa shape index (κ1) is 25.7. The Morgan fingerprint density at radius 2 is 0.912 bits per heavy atom. The summed E-state index contributed by atoms with van der Waals surface area (Å²) in [6.45, 7) is 18.5. The van der Waals surface area contributed by atoms with Gasteiger partial charge in [0.15, 0.2) is 0 Å². The molecule has 0 aliphatic heterocycles. The summed E-state index contributed by atoms with van der Waals surface area (Å²) in [5.74, 6) is 0.374. The Hall–Kier alpha value is -2.94. The molecule has 34 heavy (non-hydrogen) atoms. The van der Waals surface area contributed by atoms with Crippen LogP contribution in [0.2, 0.25) is 0 Å². The van der Waals surface area contributed by atoms with Crippen LogP contribution in [0.3, 0.4) is 0 Å². The summed E-state index contributed by atoms with van der Waals surface area (Å²) in [5, 5.41) is 33.7. The summed E-state index contributed by atoms with van der Waals surface area (Å²) in [6.07, 6.45) is 0. The van der Waals surface area contributed by atoms with E-state index in [1.807, 2.05) is 69.3 Å². The van der Waals surface area contributed by atoms with Gasteiger partial charge in [-0.2, -0.15) is 0 Å². The predicted octanol–water partition coefficient (Wildman–Crippen LogP) is 8.01. The van der Waals surface area contributed by atoms with Crippen LogP contribution in [0.1, 0.15) is 106 Å². The van der Waals surface area contributed by atoms with Gasteiger partial charge in [0.05, 0.1) is 0 Å². The van der Waals surface area contributed by atoms with Crippen molar-refractivity contribution in [2.45, 2.75) is 85.0 Å². The SMILES string of the molecule is Cc1cc(C(C)c2cccc(C(C)(C)C)c2O)c(O)c(C(C)c2cccc(C(C)(C)C)c2O)c1. The summed E-state index contributed by atoms with van der Waals surface area (Å²) in [4.78, 5) is 0. The fourth-order valence-electron chi connectivity index (χ4n) is 4.86. The van der Waals surface area contributed by atoms with Crippen LogP contribution >= 0.6 is 0 Å². The standard InChI is InChI=1S/C31H40O3/c1-18-16-23(19(2)21-12-10-14-25(28(21)33)30(4,5)6)27(32)24(17-18)20(3)22-13-11-15-26(29(22)34)31(7,8)9/h10-17,19-20,32-34H,1-9H3. The van der Waals surface area contributed by atoms with E-state index in [0.29, 0.717) is 0 Å². The molecule has 3 aromatic rings. The zero-order chi connectivity index (χ0) is 25.6. The molecule has 0 aromatic heterocycles. The second-order valence-corrected chi connectivity index (χ2v) is 11.7. The molecule has 3 rings (SSSR count). The first-order valence-electron chi connectivity index (χ1n) is 12.1. The van der Waals surface area contributed by atoms with Crippen molar-refractivity contribution in [2.24, 2.45) is 0 Å². The van der Waals surface area contributed by atoms with Crippen LogP contribution in [0.15, 0.2) is 48.5 Å². The lowest BCUT2D eigenvalue weighted by atomic mass is 9.80. The molecule has 0 aliphatic rings. The topological polar surface area (TPSA) is 60.7 Å². The number of hydrogen-bond acceptors (Lipinski definition) is 3. The van der Waals surface area contributed by atoms with E-state index in [-0.39, 0.29) is 39.9 Å². The molecule has 0 saturated heterocycles. The van der Waals surface area contributed by atoms with Gasteiger partial charge in [0.1, 0.15) is 17.2 Å². The summed E-state index contributed by atoms with van der Waals surface area (Å²) in [6, 6.07) is 15.7. The van der Waals surface area contributed by atoms with Gasteiger partial charge < -0.3 is 15.3 Å². The summed E-state index contributed by atoms with van der Waals surface area (Å²) in [7, 11) is 0. The van der Waals surface area contributed by atoms with E-state index in [1.54, 1.807) is 0 Å². The van der Waals surface area contributed by atoms with Gasteiger partial charge in [0.2, 0.25) is 0 Å². The Kier molecular flexibility index (Phi) is 6.81. The third kappa shape index (κ3) is 4.80. The van der Waals surface area contributed by atoms with E-state index in [4.69, 9.17) is 0 Å². The molecule has 3 aromatic carbocycles. The lowest BCUT2D eigenvalue weighted by Crippen LogP contribution is -2.13. The molecule has 0 heterocycles. The Morgan fingerprint density at radius 3 is 1.24 bits per heavy atom. The van der Waals surface area contributed by atoms with Crippen LogP contribution < -0.4 is 0 Å². The molecule has 3 N–H and O–H groups in total. The molecule has 2 unspecified atom stereocenters. The molecule has 0 amide bonds. The zero-order valence-electron chi connectivity index (χ0n) is 22.1. The van der Waals surface area contributed by atoms with E-state index >= 15 is 0 Å². The molecule has 182 valence electrons. The van der Waals surface area contributed by atoms with Crippen molar-refractivity contribution < 1.29 is 15.3 Å². The molecule has 3 heteroatoms. The largest absolute Gasteiger partial charge is 0.507 e. The normalized spacial score (nSPS) is 14.1. The van der Waals surface area contributed by atoms with Gasteiger partial charge >= 0.3 is 0 Å². The Bertz CT molecular complexity index is 1100. The Balaban J connectivity index is 2.13.